The fourth-order valence-corrected chi connectivity index (χ4v) is 3.41. The van der Waals surface area contributed by atoms with Gasteiger partial charge in [-0.3, -0.25) is 4.79 Å². The Morgan fingerprint density at radius 2 is 2.17 bits per heavy atom. The molecule has 1 aliphatic heterocycles. The number of hydrogen-bond donors (Lipinski definition) is 1. The van der Waals surface area contributed by atoms with Crippen molar-refractivity contribution in [3.63, 3.8) is 0 Å². The molecule has 0 radical (unpaired) electrons. The smallest absolute Gasteiger partial charge is 0.255 e. The molecule has 0 spiro atoms. The van der Waals surface area contributed by atoms with Crippen molar-refractivity contribution in [2.45, 2.75) is 13.3 Å². The molecule has 1 aromatic heterocycles. The Hall–Kier alpha value is -2.66. The number of thiazole rings is 1. The molecule has 1 aliphatic rings. The second-order valence-corrected chi connectivity index (χ2v) is 6.77. The number of fused-ring (bicyclic) bond motifs is 1. The van der Waals surface area contributed by atoms with Crippen molar-refractivity contribution >= 4 is 22.9 Å². The van der Waals surface area contributed by atoms with Crippen LogP contribution in [-0.2, 0) is 6.42 Å². The standard InChI is InChI=1S/C19H16N2O2S/c1-12-20-17(11-24-12)13-3-2-4-16(10-13)21-19(22)15-5-6-18-14(9-15)7-8-23-18/h2-6,9-11H,7-8H2,1H3,(H,21,22). The van der Waals surface area contributed by atoms with Gasteiger partial charge in [-0.15, -0.1) is 11.3 Å². The second kappa shape index (κ2) is 6.09. The Balaban J connectivity index is 1.56. The van der Waals surface area contributed by atoms with E-state index in [1.54, 1.807) is 17.4 Å². The van der Waals surface area contributed by atoms with Gasteiger partial charge >= 0.3 is 0 Å². The van der Waals surface area contributed by atoms with Gasteiger partial charge in [-0.2, -0.15) is 0 Å². The maximum atomic E-state index is 12.5. The van der Waals surface area contributed by atoms with Crippen molar-refractivity contribution in [1.29, 1.82) is 0 Å². The number of hydrogen-bond acceptors (Lipinski definition) is 4. The fourth-order valence-electron chi connectivity index (χ4n) is 2.78. The topological polar surface area (TPSA) is 51.2 Å². The number of nitrogens with one attached hydrogen (secondary N) is 1. The second-order valence-electron chi connectivity index (χ2n) is 5.71. The third-order valence-electron chi connectivity index (χ3n) is 3.99. The fraction of sp³-hybridized carbons (Fsp3) is 0.158. The minimum atomic E-state index is -0.115. The maximum absolute atomic E-state index is 12.5. The highest BCUT2D eigenvalue weighted by Gasteiger charge is 2.15. The Morgan fingerprint density at radius 1 is 1.25 bits per heavy atom. The van der Waals surface area contributed by atoms with Gasteiger partial charge in [-0.1, -0.05) is 12.1 Å². The molecule has 1 amide bonds. The van der Waals surface area contributed by atoms with E-state index in [9.17, 15) is 4.79 Å². The number of aromatic nitrogens is 1. The Morgan fingerprint density at radius 3 is 3.00 bits per heavy atom. The zero-order valence-electron chi connectivity index (χ0n) is 13.2. The normalized spacial score (nSPS) is 12.5. The molecular formula is C19H16N2O2S. The first-order valence-corrected chi connectivity index (χ1v) is 8.67. The van der Waals surface area contributed by atoms with Crippen LogP contribution in [0.5, 0.6) is 5.75 Å². The molecule has 1 N–H and O–H groups in total. The molecule has 0 fully saturated rings. The number of carbonyl (C=O) groups is 1. The van der Waals surface area contributed by atoms with Gasteiger partial charge in [-0.05, 0) is 42.8 Å². The first-order chi connectivity index (χ1) is 11.7. The third-order valence-corrected chi connectivity index (χ3v) is 4.76. The molecule has 4 rings (SSSR count). The highest BCUT2D eigenvalue weighted by molar-refractivity contribution is 7.09. The van der Waals surface area contributed by atoms with E-state index in [1.165, 1.54) is 0 Å². The van der Waals surface area contributed by atoms with E-state index in [0.29, 0.717) is 12.2 Å². The maximum Gasteiger partial charge on any atom is 0.255 e. The SMILES string of the molecule is Cc1nc(-c2cccc(NC(=O)c3ccc4c(c3)CCO4)c2)cs1. The van der Waals surface area contributed by atoms with Crippen molar-refractivity contribution in [1.82, 2.24) is 4.98 Å². The van der Waals surface area contributed by atoms with Crippen LogP contribution in [0.4, 0.5) is 5.69 Å². The molecule has 0 aliphatic carbocycles. The summed E-state index contributed by atoms with van der Waals surface area (Å²) in [4.78, 5) is 17.0. The molecule has 0 atom stereocenters. The number of carbonyl (C=O) groups excluding carboxylic acids is 1. The zero-order chi connectivity index (χ0) is 16.5. The molecule has 24 heavy (non-hydrogen) atoms. The quantitative estimate of drug-likeness (QED) is 0.775. The summed E-state index contributed by atoms with van der Waals surface area (Å²) in [7, 11) is 0. The van der Waals surface area contributed by atoms with Crippen LogP contribution in [0.25, 0.3) is 11.3 Å². The molecule has 0 unspecified atom stereocenters. The van der Waals surface area contributed by atoms with Crippen molar-refractivity contribution in [2.24, 2.45) is 0 Å². The highest BCUT2D eigenvalue weighted by Crippen LogP contribution is 2.27. The van der Waals surface area contributed by atoms with Gasteiger partial charge in [0.05, 0.1) is 17.3 Å². The largest absolute Gasteiger partial charge is 0.493 e. The van der Waals surface area contributed by atoms with Crippen LogP contribution in [0.15, 0.2) is 47.8 Å². The summed E-state index contributed by atoms with van der Waals surface area (Å²) >= 11 is 1.62. The molecule has 2 heterocycles. The molecule has 3 aromatic rings. The van der Waals surface area contributed by atoms with Gasteiger partial charge in [0.1, 0.15) is 5.75 Å². The van der Waals surface area contributed by atoms with Gasteiger partial charge < -0.3 is 10.1 Å². The van der Waals surface area contributed by atoms with Crippen LogP contribution in [0.2, 0.25) is 0 Å². The molecule has 2 aromatic carbocycles. The molecule has 4 nitrogen and oxygen atoms in total. The minimum Gasteiger partial charge on any atom is -0.493 e. The van der Waals surface area contributed by atoms with Crippen molar-refractivity contribution in [3.05, 3.63) is 64.0 Å². The van der Waals surface area contributed by atoms with E-state index in [4.69, 9.17) is 4.74 Å². The first-order valence-electron chi connectivity index (χ1n) is 7.79. The van der Waals surface area contributed by atoms with Gasteiger partial charge in [0, 0.05) is 28.6 Å². The Bertz CT molecular complexity index is 917. The van der Waals surface area contributed by atoms with E-state index in [-0.39, 0.29) is 5.91 Å². The molecule has 120 valence electrons. The number of ether oxygens (including phenoxy) is 1. The van der Waals surface area contributed by atoms with Gasteiger partial charge in [0.2, 0.25) is 0 Å². The number of amides is 1. The van der Waals surface area contributed by atoms with E-state index >= 15 is 0 Å². The van der Waals surface area contributed by atoms with Gasteiger partial charge in [-0.25, -0.2) is 4.98 Å². The van der Waals surface area contributed by atoms with Gasteiger partial charge in [0.25, 0.3) is 5.91 Å². The van der Waals surface area contributed by atoms with E-state index in [2.05, 4.69) is 10.3 Å². The minimum absolute atomic E-state index is 0.115. The zero-order valence-corrected chi connectivity index (χ0v) is 14.0. The monoisotopic (exact) mass is 336 g/mol. The first kappa shape index (κ1) is 14.9. The summed E-state index contributed by atoms with van der Waals surface area (Å²) in [5.41, 5.74) is 4.44. The molecule has 5 heteroatoms. The molecule has 0 saturated heterocycles. The number of rotatable bonds is 3. The summed E-state index contributed by atoms with van der Waals surface area (Å²) in [5, 5.41) is 6.01. The Labute approximate surface area is 144 Å². The molecule has 0 bridgehead atoms. The van der Waals surface area contributed by atoms with Crippen LogP contribution < -0.4 is 10.1 Å². The summed E-state index contributed by atoms with van der Waals surface area (Å²) in [6, 6.07) is 13.3. The van der Waals surface area contributed by atoms with E-state index < -0.39 is 0 Å². The van der Waals surface area contributed by atoms with Crippen LogP contribution in [0.1, 0.15) is 20.9 Å². The average Bonchev–Trinajstić information content (AvgIpc) is 3.23. The Kier molecular flexibility index (Phi) is 3.78. The van der Waals surface area contributed by atoms with Crippen LogP contribution in [0.3, 0.4) is 0 Å². The lowest BCUT2D eigenvalue weighted by molar-refractivity contribution is 0.102. The summed E-state index contributed by atoms with van der Waals surface area (Å²) in [6.07, 6.45) is 0.856. The lowest BCUT2D eigenvalue weighted by atomic mass is 10.1. The van der Waals surface area contributed by atoms with Crippen molar-refractivity contribution < 1.29 is 9.53 Å². The summed E-state index contributed by atoms with van der Waals surface area (Å²) in [5.74, 6) is 0.767. The van der Waals surface area contributed by atoms with Crippen molar-refractivity contribution in [2.75, 3.05) is 11.9 Å². The van der Waals surface area contributed by atoms with Gasteiger partial charge in [0.15, 0.2) is 0 Å². The lowest BCUT2D eigenvalue weighted by Crippen LogP contribution is -2.12. The van der Waals surface area contributed by atoms with Crippen LogP contribution in [-0.4, -0.2) is 17.5 Å². The van der Waals surface area contributed by atoms with Crippen molar-refractivity contribution in [3.8, 4) is 17.0 Å². The summed E-state index contributed by atoms with van der Waals surface area (Å²) in [6.45, 7) is 2.67. The molecular weight excluding hydrogens is 320 g/mol. The van der Waals surface area contributed by atoms with Crippen LogP contribution in [0, 0.1) is 6.92 Å². The summed E-state index contributed by atoms with van der Waals surface area (Å²) < 4.78 is 5.48. The average molecular weight is 336 g/mol. The number of benzene rings is 2. The van der Waals surface area contributed by atoms with E-state index in [0.717, 1.165) is 39.7 Å². The van der Waals surface area contributed by atoms with E-state index in [1.807, 2.05) is 48.7 Å². The lowest BCUT2D eigenvalue weighted by Gasteiger charge is -2.08. The number of nitrogens with zero attached hydrogens (tertiary/aromatic N) is 1. The number of anilines is 1. The van der Waals surface area contributed by atoms with Crippen LogP contribution >= 0.6 is 11.3 Å². The predicted molar refractivity (Wildman–Crippen MR) is 95.9 cm³/mol. The highest BCUT2D eigenvalue weighted by atomic mass is 32.1. The third kappa shape index (κ3) is 2.90. The predicted octanol–water partition coefficient (Wildman–Crippen LogP) is 4.31. The number of aryl methyl sites for hydroxylation is 1. The molecule has 0 saturated carbocycles.